The van der Waals surface area contributed by atoms with Crippen LogP contribution in [0.4, 0.5) is 0 Å². The van der Waals surface area contributed by atoms with Crippen molar-refractivity contribution in [2.45, 2.75) is 6.61 Å². The molecule has 1 aromatic heterocycles. The van der Waals surface area contributed by atoms with Gasteiger partial charge in [0.15, 0.2) is 0 Å². The highest BCUT2D eigenvalue weighted by atomic mass is 16.5. The van der Waals surface area contributed by atoms with E-state index in [9.17, 15) is 4.79 Å². The van der Waals surface area contributed by atoms with Crippen molar-refractivity contribution >= 4 is 11.0 Å². The van der Waals surface area contributed by atoms with Crippen molar-refractivity contribution in [2.75, 3.05) is 7.11 Å². The van der Waals surface area contributed by atoms with Crippen molar-refractivity contribution in [3.8, 4) is 17.2 Å². The molecular weight excluding hydrogens is 340 g/mol. The lowest BCUT2D eigenvalue weighted by molar-refractivity contribution is 0.309. The van der Waals surface area contributed by atoms with Gasteiger partial charge in [0, 0.05) is 7.05 Å². The fourth-order valence-corrected chi connectivity index (χ4v) is 3.28. The Bertz CT molecular complexity index is 1140. The topological polar surface area (TPSA) is 45.4 Å². The number of nitrogens with zero attached hydrogens (tertiary/aromatic N) is 2. The quantitative estimate of drug-likeness (QED) is 0.542. The maximum absolute atomic E-state index is 13.0. The van der Waals surface area contributed by atoms with Crippen LogP contribution in [-0.4, -0.2) is 16.2 Å². The molecule has 4 aromatic rings. The summed E-state index contributed by atoms with van der Waals surface area (Å²) in [5.74, 6) is 1.31. The molecule has 136 valence electrons. The molecule has 0 amide bonds. The lowest BCUT2D eigenvalue weighted by atomic mass is 10.2. The molecule has 0 atom stereocenters. The molecule has 4 rings (SSSR count). The maximum atomic E-state index is 13.0. The Balaban J connectivity index is 1.84. The van der Waals surface area contributed by atoms with Crippen LogP contribution < -0.4 is 15.2 Å². The minimum Gasteiger partial charge on any atom is -0.495 e. The number of fused-ring (bicyclic) bond motifs is 1. The van der Waals surface area contributed by atoms with Crippen LogP contribution >= 0.6 is 0 Å². The second-order valence-corrected chi connectivity index (χ2v) is 6.25. The first kappa shape index (κ1) is 17.0. The van der Waals surface area contributed by atoms with Gasteiger partial charge in [0.2, 0.25) is 0 Å². The third-order valence-electron chi connectivity index (χ3n) is 4.60. The highest BCUT2D eigenvalue weighted by Gasteiger charge is 2.18. The lowest BCUT2D eigenvalue weighted by Crippen LogP contribution is -2.21. The molecule has 0 saturated heterocycles. The molecule has 5 heteroatoms. The minimum absolute atomic E-state index is 0.148. The number of rotatable bonds is 5. The Morgan fingerprint density at radius 2 is 1.56 bits per heavy atom. The summed E-state index contributed by atoms with van der Waals surface area (Å²) in [6.07, 6.45) is 0. The number of hydrogen-bond acceptors (Lipinski definition) is 3. The maximum Gasteiger partial charge on any atom is 0.333 e. The number of ether oxygens (including phenoxy) is 2. The van der Waals surface area contributed by atoms with E-state index in [4.69, 9.17) is 9.47 Å². The number of aromatic nitrogens is 2. The number of methoxy groups -OCH3 is 1. The van der Waals surface area contributed by atoms with Crippen LogP contribution in [0.5, 0.6) is 11.5 Å². The van der Waals surface area contributed by atoms with Gasteiger partial charge in [-0.2, -0.15) is 0 Å². The van der Waals surface area contributed by atoms with E-state index in [0.29, 0.717) is 23.8 Å². The van der Waals surface area contributed by atoms with Gasteiger partial charge in [-0.05, 0) is 29.8 Å². The number of imidazole rings is 1. The lowest BCUT2D eigenvalue weighted by Gasteiger charge is -2.10. The summed E-state index contributed by atoms with van der Waals surface area (Å²) in [6, 6.07) is 23.1. The van der Waals surface area contributed by atoms with Gasteiger partial charge in [0.25, 0.3) is 0 Å². The molecule has 0 radical (unpaired) electrons. The predicted octanol–water partition coefficient (Wildman–Crippen LogP) is 3.92. The molecular formula is C22H20N2O3. The third-order valence-corrected chi connectivity index (χ3v) is 4.60. The summed E-state index contributed by atoms with van der Waals surface area (Å²) < 4.78 is 14.8. The van der Waals surface area contributed by atoms with E-state index in [1.54, 1.807) is 23.3 Å². The van der Waals surface area contributed by atoms with Crippen molar-refractivity contribution in [1.82, 2.24) is 9.13 Å². The summed E-state index contributed by atoms with van der Waals surface area (Å²) in [4.78, 5) is 13.0. The van der Waals surface area contributed by atoms with Crippen molar-refractivity contribution in [1.29, 1.82) is 0 Å². The van der Waals surface area contributed by atoms with Crippen LogP contribution in [0, 0.1) is 0 Å². The Morgan fingerprint density at radius 3 is 2.33 bits per heavy atom. The van der Waals surface area contributed by atoms with Crippen LogP contribution in [0.2, 0.25) is 0 Å². The van der Waals surface area contributed by atoms with Crippen molar-refractivity contribution in [3.05, 3.63) is 88.8 Å². The molecule has 0 saturated carbocycles. The van der Waals surface area contributed by atoms with Crippen LogP contribution in [0.1, 0.15) is 5.56 Å². The van der Waals surface area contributed by atoms with Gasteiger partial charge >= 0.3 is 5.69 Å². The monoisotopic (exact) mass is 360 g/mol. The first-order valence-corrected chi connectivity index (χ1v) is 8.71. The molecule has 0 aliphatic heterocycles. The summed E-state index contributed by atoms with van der Waals surface area (Å²) in [6.45, 7) is 0.438. The molecule has 0 spiro atoms. The number of benzene rings is 3. The van der Waals surface area contributed by atoms with E-state index < -0.39 is 0 Å². The second-order valence-electron chi connectivity index (χ2n) is 6.25. The van der Waals surface area contributed by atoms with E-state index in [-0.39, 0.29) is 5.69 Å². The Morgan fingerprint density at radius 1 is 0.852 bits per heavy atom. The van der Waals surface area contributed by atoms with Gasteiger partial charge < -0.3 is 9.47 Å². The standard InChI is InChI=1S/C22H20N2O3/c1-23-21-18(24(22(23)25)17-11-6-7-13-19(17)26-2)12-8-14-20(21)27-15-16-9-4-3-5-10-16/h3-14H,15H2,1-2H3. The minimum atomic E-state index is -0.148. The molecule has 0 aliphatic rings. The smallest absolute Gasteiger partial charge is 0.333 e. The zero-order valence-corrected chi connectivity index (χ0v) is 15.3. The first-order chi connectivity index (χ1) is 13.2. The Kier molecular flexibility index (Phi) is 4.42. The van der Waals surface area contributed by atoms with Gasteiger partial charge in [-0.25, -0.2) is 4.79 Å². The average Bonchev–Trinajstić information content (AvgIpc) is 2.98. The second kappa shape index (κ2) is 7.03. The Hall–Kier alpha value is -3.47. The SMILES string of the molecule is COc1ccccc1-n1c(=O)n(C)c2c(OCc3ccccc3)cccc21. The number of para-hydroxylation sites is 3. The molecule has 0 fully saturated rings. The fourth-order valence-electron chi connectivity index (χ4n) is 3.28. The Labute approximate surface area is 157 Å². The molecule has 27 heavy (non-hydrogen) atoms. The highest BCUT2D eigenvalue weighted by molar-refractivity contribution is 5.84. The number of aryl methyl sites for hydroxylation is 1. The third kappa shape index (κ3) is 2.97. The van der Waals surface area contributed by atoms with Gasteiger partial charge in [0.1, 0.15) is 23.6 Å². The van der Waals surface area contributed by atoms with Crippen LogP contribution in [-0.2, 0) is 13.7 Å². The summed E-state index contributed by atoms with van der Waals surface area (Å²) in [7, 11) is 3.36. The van der Waals surface area contributed by atoms with Gasteiger partial charge in [-0.15, -0.1) is 0 Å². The zero-order chi connectivity index (χ0) is 18.8. The van der Waals surface area contributed by atoms with Crippen molar-refractivity contribution in [3.63, 3.8) is 0 Å². The normalized spacial score (nSPS) is 10.9. The van der Waals surface area contributed by atoms with E-state index in [2.05, 4.69) is 0 Å². The summed E-state index contributed by atoms with van der Waals surface area (Å²) in [5, 5.41) is 0. The zero-order valence-electron chi connectivity index (χ0n) is 15.3. The summed E-state index contributed by atoms with van der Waals surface area (Å²) >= 11 is 0. The molecule has 3 aromatic carbocycles. The predicted molar refractivity (Wildman–Crippen MR) is 106 cm³/mol. The fraction of sp³-hybridized carbons (Fsp3) is 0.136. The van der Waals surface area contributed by atoms with Crippen LogP contribution in [0.25, 0.3) is 16.7 Å². The van der Waals surface area contributed by atoms with E-state index >= 15 is 0 Å². The highest BCUT2D eigenvalue weighted by Crippen LogP contribution is 2.30. The molecule has 0 N–H and O–H groups in total. The molecule has 0 unspecified atom stereocenters. The molecule has 5 nitrogen and oxygen atoms in total. The van der Waals surface area contributed by atoms with E-state index in [1.165, 1.54) is 0 Å². The van der Waals surface area contributed by atoms with Gasteiger partial charge in [-0.1, -0.05) is 48.5 Å². The van der Waals surface area contributed by atoms with Crippen molar-refractivity contribution in [2.24, 2.45) is 7.05 Å². The van der Waals surface area contributed by atoms with Gasteiger partial charge in [-0.3, -0.25) is 9.13 Å². The average molecular weight is 360 g/mol. The van der Waals surface area contributed by atoms with E-state index in [1.807, 2.05) is 72.8 Å². The van der Waals surface area contributed by atoms with E-state index in [0.717, 1.165) is 16.6 Å². The van der Waals surface area contributed by atoms with Crippen molar-refractivity contribution < 1.29 is 9.47 Å². The van der Waals surface area contributed by atoms with Crippen LogP contribution in [0.3, 0.4) is 0 Å². The number of hydrogen-bond donors (Lipinski definition) is 0. The largest absolute Gasteiger partial charge is 0.495 e. The first-order valence-electron chi connectivity index (χ1n) is 8.71. The van der Waals surface area contributed by atoms with Crippen LogP contribution in [0.15, 0.2) is 77.6 Å². The summed E-state index contributed by atoms with van der Waals surface area (Å²) in [5.41, 5.74) is 3.16. The van der Waals surface area contributed by atoms with Gasteiger partial charge in [0.05, 0.1) is 18.3 Å². The molecule has 1 heterocycles. The molecule has 0 aliphatic carbocycles. The molecule has 0 bridgehead atoms.